The molecule has 0 aliphatic carbocycles. The van der Waals surface area contributed by atoms with Crippen LogP contribution in [0.4, 0.5) is 0 Å². The van der Waals surface area contributed by atoms with E-state index in [1.807, 2.05) is 49.4 Å². The summed E-state index contributed by atoms with van der Waals surface area (Å²) in [6.07, 6.45) is 7.39. The van der Waals surface area contributed by atoms with Gasteiger partial charge in [0.05, 0.1) is 0 Å². The maximum absolute atomic E-state index is 13.2. The summed E-state index contributed by atoms with van der Waals surface area (Å²) >= 11 is 1.31. The van der Waals surface area contributed by atoms with Crippen LogP contribution in [0.25, 0.3) is 0 Å². The number of carbonyl (C=O) groups excluding carboxylic acids is 3. The maximum Gasteiger partial charge on any atom is 0.319 e. The molecule has 1 heterocycles. The van der Waals surface area contributed by atoms with Gasteiger partial charge in [-0.2, -0.15) is 0 Å². The van der Waals surface area contributed by atoms with Crippen molar-refractivity contribution in [3.63, 3.8) is 0 Å². The van der Waals surface area contributed by atoms with Crippen LogP contribution >= 0.6 is 11.8 Å². The number of ketones is 1. The Morgan fingerprint density at radius 1 is 1.10 bits per heavy atom. The fourth-order valence-corrected chi connectivity index (χ4v) is 10.4. The van der Waals surface area contributed by atoms with E-state index in [4.69, 9.17) is 4.43 Å². The first-order valence-electron chi connectivity index (χ1n) is 13.6. The third-order valence-electron chi connectivity index (χ3n) is 6.96. The number of Topliss-reactive ketones (excluding diaryl/α,β-unsaturated/α-hetero) is 1. The van der Waals surface area contributed by atoms with Crippen molar-refractivity contribution in [1.29, 1.82) is 0 Å². The lowest BCUT2D eigenvalue weighted by molar-refractivity contribution is -0.125. The van der Waals surface area contributed by atoms with Gasteiger partial charge in [0, 0.05) is 24.8 Å². The summed E-state index contributed by atoms with van der Waals surface area (Å²) in [5, 5.41) is 5.41. The molecule has 2 atom stereocenters. The van der Waals surface area contributed by atoms with Crippen molar-refractivity contribution in [2.75, 3.05) is 5.75 Å². The minimum Gasteiger partial charge on any atom is -0.534 e. The molecular weight excluding hydrogens is 537 g/mol. The number of aliphatic imine (C=N–C) groups is 1. The first-order chi connectivity index (χ1) is 19.0. The summed E-state index contributed by atoms with van der Waals surface area (Å²) in [6, 6.07) is 20.1. The molecule has 1 N–H and O–H groups in total. The molecule has 1 amide bonds. The van der Waals surface area contributed by atoms with Gasteiger partial charge in [0.2, 0.25) is 5.91 Å². The molecule has 0 spiro atoms. The Kier molecular flexibility index (Phi) is 10.5. The number of nitrogens with zero attached hydrogens (tertiary/aromatic N) is 1. The Hall–Kier alpha value is -3.23. The number of hydrogen-bond donors (Lipinski definition) is 1. The van der Waals surface area contributed by atoms with Gasteiger partial charge in [-0.05, 0) is 34.8 Å². The Labute approximate surface area is 243 Å². The van der Waals surface area contributed by atoms with Gasteiger partial charge in [-0.15, -0.1) is 11.8 Å². The minimum atomic E-state index is -2.94. The van der Waals surface area contributed by atoms with Crippen LogP contribution in [-0.4, -0.2) is 48.7 Å². The second-order valence-corrected chi connectivity index (χ2v) is 16.4. The van der Waals surface area contributed by atoms with Crippen LogP contribution in [0.15, 0.2) is 89.6 Å². The number of rotatable bonds is 12. The monoisotopic (exact) mass is 576 g/mol. The van der Waals surface area contributed by atoms with E-state index < -0.39 is 13.9 Å². The second kappa shape index (κ2) is 13.4. The number of allylic oxidation sites excluding steroid dienone is 2. The van der Waals surface area contributed by atoms with Gasteiger partial charge in [0.15, 0.2) is 5.78 Å². The number of hydrogen-bond acceptors (Lipinski definition) is 6. The van der Waals surface area contributed by atoms with Gasteiger partial charge < -0.3 is 9.74 Å². The molecule has 0 unspecified atom stereocenters. The van der Waals surface area contributed by atoms with E-state index in [9.17, 15) is 14.4 Å². The average molecular weight is 577 g/mol. The molecule has 1 aliphatic heterocycles. The van der Waals surface area contributed by atoms with E-state index in [0.29, 0.717) is 23.0 Å². The third kappa shape index (κ3) is 7.09. The highest BCUT2D eigenvalue weighted by molar-refractivity contribution is 8.16. The lowest BCUT2D eigenvalue weighted by atomic mass is 10.0. The van der Waals surface area contributed by atoms with Crippen molar-refractivity contribution >= 4 is 53.5 Å². The van der Waals surface area contributed by atoms with E-state index in [-0.39, 0.29) is 22.8 Å². The zero-order valence-corrected chi connectivity index (χ0v) is 26.1. The summed E-state index contributed by atoms with van der Waals surface area (Å²) in [5.74, 6) is 0.506. The molecular formula is C32H40N2O4SSi. The highest BCUT2D eigenvalue weighted by Crippen LogP contribution is 2.38. The van der Waals surface area contributed by atoms with Crippen molar-refractivity contribution in [3.05, 3.63) is 84.7 Å². The number of nitrogens with one attached hydrogen (secondary N) is 1. The predicted molar refractivity (Wildman–Crippen MR) is 168 cm³/mol. The molecule has 40 heavy (non-hydrogen) atoms. The van der Waals surface area contributed by atoms with E-state index in [0.717, 1.165) is 23.1 Å². The van der Waals surface area contributed by atoms with Gasteiger partial charge in [-0.1, -0.05) is 101 Å². The normalized spacial score (nSPS) is 18.8. The summed E-state index contributed by atoms with van der Waals surface area (Å²) in [5.41, 5.74) is -1.00. The number of aldehydes is 1. The highest BCUT2D eigenvalue weighted by atomic mass is 32.2. The number of benzene rings is 2. The Balaban J connectivity index is 1.97. The van der Waals surface area contributed by atoms with Crippen molar-refractivity contribution < 1.29 is 18.8 Å². The van der Waals surface area contributed by atoms with Crippen molar-refractivity contribution in [1.82, 2.24) is 5.32 Å². The van der Waals surface area contributed by atoms with E-state index in [1.54, 1.807) is 13.0 Å². The first-order valence-corrected chi connectivity index (χ1v) is 16.5. The molecule has 0 saturated heterocycles. The van der Waals surface area contributed by atoms with Gasteiger partial charge in [0.1, 0.15) is 22.6 Å². The highest BCUT2D eigenvalue weighted by Gasteiger charge is 2.52. The first kappa shape index (κ1) is 31.3. The second-order valence-electron chi connectivity index (χ2n) is 11.2. The predicted octanol–water partition coefficient (Wildman–Crippen LogP) is 4.98. The number of thioether (sulfide) groups is 1. The topological polar surface area (TPSA) is 84.8 Å². The molecule has 0 radical (unpaired) electrons. The zero-order chi connectivity index (χ0) is 29.4. The van der Waals surface area contributed by atoms with Crippen LogP contribution in [0.1, 0.15) is 54.4 Å². The summed E-state index contributed by atoms with van der Waals surface area (Å²) in [4.78, 5) is 41.2. The van der Waals surface area contributed by atoms with Gasteiger partial charge in [0.25, 0.3) is 0 Å². The maximum atomic E-state index is 13.2. The van der Waals surface area contributed by atoms with E-state index in [1.165, 1.54) is 24.8 Å². The minimum absolute atomic E-state index is 0.129. The Morgan fingerprint density at radius 2 is 1.68 bits per heavy atom. The van der Waals surface area contributed by atoms with Crippen LogP contribution < -0.4 is 15.7 Å². The average Bonchev–Trinajstić information content (AvgIpc) is 3.34. The molecule has 3 rings (SSSR count). The quantitative estimate of drug-likeness (QED) is 0.127. The van der Waals surface area contributed by atoms with Gasteiger partial charge >= 0.3 is 8.32 Å². The molecule has 0 fully saturated rings. The van der Waals surface area contributed by atoms with E-state index >= 15 is 0 Å². The van der Waals surface area contributed by atoms with Crippen LogP contribution in [0, 0.1) is 0 Å². The van der Waals surface area contributed by atoms with Gasteiger partial charge in [-0.3, -0.25) is 19.4 Å². The van der Waals surface area contributed by atoms with Crippen LogP contribution in [0.2, 0.25) is 5.04 Å². The molecule has 1 aliphatic rings. The van der Waals surface area contributed by atoms with Crippen LogP contribution in [0.5, 0.6) is 0 Å². The zero-order valence-electron chi connectivity index (χ0n) is 24.3. The van der Waals surface area contributed by atoms with Crippen LogP contribution in [-0.2, 0) is 18.8 Å². The number of carbonyl (C=O) groups is 3. The van der Waals surface area contributed by atoms with Gasteiger partial charge in [-0.25, -0.2) is 0 Å². The van der Waals surface area contributed by atoms with E-state index in [2.05, 4.69) is 55.3 Å². The van der Waals surface area contributed by atoms with Crippen molar-refractivity contribution in [3.8, 4) is 0 Å². The molecule has 0 saturated carbocycles. The molecule has 6 nitrogen and oxygen atoms in total. The fraction of sp³-hybridized carbons (Fsp3) is 0.375. The third-order valence-corrected chi connectivity index (χ3v) is 13.3. The summed E-state index contributed by atoms with van der Waals surface area (Å²) in [6.45, 7) is 11.8. The summed E-state index contributed by atoms with van der Waals surface area (Å²) in [7, 11) is -2.94. The molecule has 2 aromatic carbocycles. The fourth-order valence-electron chi connectivity index (χ4n) is 4.87. The van der Waals surface area contributed by atoms with Crippen molar-refractivity contribution in [2.24, 2.45) is 4.99 Å². The molecule has 8 heteroatoms. The Morgan fingerprint density at radius 3 is 2.12 bits per heavy atom. The standard InChI is InChI=1S/C32H40N2O4SSi/c1-7-14-25(33-30(37)32(6)23-39-29(34-32)24(2)36)19-20-26(21-22-35)38-40(31(3,4)5,27-15-10-8-11-16-27)28-17-12-9-13-18-28/h8-13,15-22,25H,7,14,23H2,1-6H3,(H,33,37)/b20-19?,26-21+/t25-,32+/m1/s1. The summed E-state index contributed by atoms with van der Waals surface area (Å²) < 4.78 is 7.02. The van der Waals surface area contributed by atoms with Crippen LogP contribution in [0.3, 0.4) is 0 Å². The largest absolute Gasteiger partial charge is 0.534 e. The molecule has 212 valence electrons. The molecule has 2 aromatic rings. The number of amides is 1. The lowest BCUT2D eigenvalue weighted by Gasteiger charge is -2.43. The smallest absolute Gasteiger partial charge is 0.319 e. The van der Waals surface area contributed by atoms with Crippen molar-refractivity contribution in [2.45, 2.75) is 71.0 Å². The molecule has 0 aromatic heterocycles. The lowest BCUT2D eigenvalue weighted by Crippen LogP contribution is -2.66. The Bertz CT molecular complexity index is 1250. The molecule has 0 bridgehead atoms. The SMILES string of the molecule is CCC[C@H](C=C/C(=C\C=O)O[Si](c1ccccc1)(c1ccccc1)C(C)(C)C)NC(=O)[C@]1(C)CSC(C(C)=O)=N1.